The summed E-state index contributed by atoms with van der Waals surface area (Å²) in [4.78, 5) is 0.906. The molecule has 9 heteroatoms. The van der Waals surface area contributed by atoms with Gasteiger partial charge in [-0.25, -0.2) is 0 Å². The van der Waals surface area contributed by atoms with Gasteiger partial charge in [0.15, 0.2) is 17.2 Å². The van der Waals surface area contributed by atoms with Crippen molar-refractivity contribution in [2.24, 2.45) is 10.2 Å². The Labute approximate surface area is 168 Å². The van der Waals surface area contributed by atoms with Gasteiger partial charge in [-0.3, -0.25) is 5.10 Å². The molecule has 3 aromatic heterocycles. The first-order valence-corrected chi connectivity index (χ1v) is 10.0. The van der Waals surface area contributed by atoms with Crippen LogP contribution < -0.4 is 0 Å². The van der Waals surface area contributed by atoms with Crippen LogP contribution in [-0.4, -0.2) is 24.2 Å². The quantitative estimate of drug-likeness (QED) is 0.586. The highest BCUT2D eigenvalue weighted by molar-refractivity contribution is 7.06. The Hall–Kier alpha value is -2.60. The van der Waals surface area contributed by atoms with Crippen LogP contribution in [0, 0.1) is 11.3 Å². The molecular formula is C19H26N8S. The highest BCUT2D eigenvalue weighted by Crippen LogP contribution is 2.38. The zero-order valence-corrected chi connectivity index (χ0v) is 18.4. The number of nitrogens with one attached hydrogen (secondary N) is 1. The molecule has 3 aromatic rings. The van der Waals surface area contributed by atoms with Crippen molar-refractivity contribution in [1.82, 2.24) is 24.2 Å². The number of H-pyrrole nitrogens is 1. The lowest BCUT2D eigenvalue weighted by Crippen LogP contribution is -2.13. The first kappa shape index (κ1) is 20.1. The van der Waals surface area contributed by atoms with Gasteiger partial charge in [0.2, 0.25) is 5.82 Å². The smallest absolute Gasteiger partial charge is 0.205 e. The van der Waals surface area contributed by atoms with Gasteiger partial charge >= 0.3 is 0 Å². The minimum atomic E-state index is -0.230. The second-order valence-electron chi connectivity index (χ2n) is 9.22. The normalized spacial score (nSPS) is 13.1. The number of nitrogens with zero attached hydrogens (tertiary/aromatic N) is 7. The van der Waals surface area contributed by atoms with Crippen LogP contribution in [0.25, 0.3) is 5.65 Å². The SMILES string of the molecule is CC(C)c1n[nH]c2c(N=Nc3nsc(C(C)(C)C)c3C#N)c(C(C)(C)C)nn12. The average molecular weight is 399 g/mol. The van der Waals surface area contributed by atoms with Crippen LogP contribution in [0.4, 0.5) is 11.5 Å². The van der Waals surface area contributed by atoms with E-state index in [0.717, 1.165) is 16.4 Å². The van der Waals surface area contributed by atoms with Crippen LogP contribution in [0.1, 0.15) is 83.3 Å². The Morgan fingerprint density at radius 2 is 1.79 bits per heavy atom. The number of aromatic nitrogens is 5. The highest BCUT2D eigenvalue weighted by atomic mass is 32.1. The minimum absolute atomic E-state index is 0.173. The maximum Gasteiger partial charge on any atom is 0.205 e. The Bertz CT molecular complexity index is 1080. The third-order valence-corrected chi connectivity index (χ3v) is 5.56. The number of hydrogen-bond acceptors (Lipinski definition) is 7. The van der Waals surface area contributed by atoms with Crippen molar-refractivity contribution in [2.75, 3.05) is 0 Å². The molecule has 1 N–H and O–H groups in total. The van der Waals surface area contributed by atoms with Crippen LogP contribution in [0.5, 0.6) is 0 Å². The summed E-state index contributed by atoms with van der Waals surface area (Å²) in [7, 11) is 0. The van der Waals surface area contributed by atoms with E-state index in [9.17, 15) is 5.26 Å². The predicted octanol–water partition coefficient (Wildman–Crippen LogP) is 5.52. The lowest BCUT2D eigenvalue weighted by Gasteiger charge is -2.15. The van der Waals surface area contributed by atoms with Crippen LogP contribution in [-0.2, 0) is 10.8 Å². The molecule has 8 nitrogen and oxygen atoms in total. The largest absolute Gasteiger partial charge is 0.258 e. The van der Waals surface area contributed by atoms with Crippen molar-refractivity contribution in [3.63, 3.8) is 0 Å². The van der Waals surface area contributed by atoms with E-state index in [2.05, 4.69) is 86.3 Å². The molecule has 0 saturated carbocycles. The van der Waals surface area contributed by atoms with E-state index < -0.39 is 0 Å². The minimum Gasteiger partial charge on any atom is -0.258 e. The second-order valence-corrected chi connectivity index (χ2v) is 9.99. The standard InChI is InChI=1S/C19H26N8S/c1-10(2)16-23-24-17-12(13(18(3,4)5)25-27(16)17)21-22-15-11(9-20)14(28-26-15)19(6,7)8/h10,24H,1-8H3. The fourth-order valence-corrected chi connectivity index (χ4v) is 3.67. The molecule has 0 aromatic carbocycles. The molecule has 0 amide bonds. The summed E-state index contributed by atoms with van der Waals surface area (Å²) in [6.45, 7) is 16.5. The zero-order valence-electron chi connectivity index (χ0n) is 17.6. The molecule has 0 saturated heterocycles. The van der Waals surface area contributed by atoms with E-state index in [1.807, 2.05) is 0 Å². The summed E-state index contributed by atoms with van der Waals surface area (Å²) in [5, 5.41) is 30.6. The van der Waals surface area contributed by atoms with Gasteiger partial charge in [-0.05, 0) is 16.9 Å². The number of nitriles is 1. The Morgan fingerprint density at radius 1 is 1.11 bits per heavy atom. The number of rotatable bonds is 3. The third kappa shape index (κ3) is 3.44. The lowest BCUT2D eigenvalue weighted by atomic mass is 9.91. The molecule has 0 radical (unpaired) electrons. The van der Waals surface area contributed by atoms with E-state index in [0.29, 0.717) is 22.7 Å². The van der Waals surface area contributed by atoms with Crippen molar-refractivity contribution in [3.8, 4) is 6.07 Å². The summed E-state index contributed by atoms with van der Waals surface area (Å²) in [5.74, 6) is 1.40. The summed E-state index contributed by atoms with van der Waals surface area (Å²) < 4.78 is 6.16. The monoisotopic (exact) mass is 398 g/mol. The molecule has 0 bridgehead atoms. The van der Waals surface area contributed by atoms with Crippen molar-refractivity contribution in [3.05, 3.63) is 22.0 Å². The van der Waals surface area contributed by atoms with Crippen LogP contribution >= 0.6 is 11.5 Å². The summed E-state index contributed by atoms with van der Waals surface area (Å²) >= 11 is 1.30. The fraction of sp³-hybridized carbons (Fsp3) is 0.579. The molecule has 0 spiro atoms. The Morgan fingerprint density at radius 3 is 2.32 bits per heavy atom. The van der Waals surface area contributed by atoms with Crippen LogP contribution in [0.3, 0.4) is 0 Å². The molecule has 3 heterocycles. The summed E-state index contributed by atoms with van der Waals surface area (Å²) in [6.07, 6.45) is 0. The molecule has 28 heavy (non-hydrogen) atoms. The molecule has 0 fully saturated rings. The van der Waals surface area contributed by atoms with E-state index >= 15 is 0 Å². The fourth-order valence-electron chi connectivity index (χ4n) is 2.87. The first-order valence-electron chi connectivity index (χ1n) is 9.24. The molecular weight excluding hydrogens is 372 g/mol. The van der Waals surface area contributed by atoms with Crippen LogP contribution in [0.2, 0.25) is 0 Å². The van der Waals surface area contributed by atoms with Crippen molar-refractivity contribution in [2.45, 2.75) is 72.1 Å². The second kappa shape index (κ2) is 6.78. The number of fused-ring (bicyclic) bond motifs is 1. The third-order valence-electron chi connectivity index (χ3n) is 4.29. The molecule has 0 unspecified atom stereocenters. The number of hydrogen-bond donors (Lipinski definition) is 1. The van der Waals surface area contributed by atoms with E-state index in [4.69, 9.17) is 5.10 Å². The van der Waals surface area contributed by atoms with Gasteiger partial charge in [0, 0.05) is 11.3 Å². The summed E-state index contributed by atoms with van der Waals surface area (Å²) in [5.41, 5.74) is 2.22. The van der Waals surface area contributed by atoms with Crippen molar-refractivity contribution < 1.29 is 0 Å². The molecule has 0 atom stereocenters. The summed E-state index contributed by atoms with van der Waals surface area (Å²) in [6, 6.07) is 2.24. The van der Waals surface area contributed by atoms with Gasteiger partial charge < -0.3 is 0 Å². The van der Waals surface area contributed by atoms with Gasteiger partial charge in [-0.2, -0.15) is 24.3 Å². The molecule has 0 aliphatic carbocycles. The van der Waals surface area contributed by atoms with Crippen LogP contribution in [0.15, 0.2) is 10.2 Å². The molecule has 3 rings (SSSR count). The van der Waals surface area contributed by atoms with Gasteiger partial charge in [-0.1, -0.05) is 55.4 Å². The average Bonchev–Trinajstić information content (AvgIpc) is 3.23. The lowest BCUT2D eigenvalue weighted by molar-refractivity contribution is 0.558. The topological polar surface area (TPSA) is 107 Å². The Balaban J connectivity index is 2.15. The van der Waals surface area contributed by atoms with Gasteiger partial charge in [0.25, 0.3) is 0 Å². The van der Waals surface area contributed by atoms with E-state index in [1.165, 1.54) is 11.5 Å². The van der Waals surface area contributed by atoms with Gasteiger partial charge in [-0.15, -0.1) is 10.2 Å². The predicted molar refractivity (Wildman–Crippen MR) is 110 cm³/mol. The van der Waals surface area contributed by atoms with Crippen molar-refractivity contribution in [1.29, 1.82) is 5.26 Å². The van der Waals surface area contributed by atoms with E-state index in [1.54, 1.807) is 4.52 Å². The highest BCUT2D eigenvalue weighted by Gasteiger charge is 2.28. The Kier molecular flexibility index (Phi) is 4.88. The maximum atomic E-state index is 9.61. The van der Waals surface area contributed by atoms with Gasteiger partial charge in [0.1, 0.15) is 11.6 Å². The van der Waals surface area contributed by atoms with E-state index in [-0.39, 0.29) is 16.7 Å². The maximum absolute atomic E-state index is 9.61. The number of azo groups is 1. The molecule has 0 aliphatic heterocycles. The zero-order chi connectivity index (χ0) is 20.9. The first-order chi connectivity index (χ1) is 12.9. The van der Waals surface area contributed by atoms with Crippen molar-refractivity contribution >= 4 is 28.7 Å². The number of aromatic amines is 1. The molecule has 0 aliphatic rings. The molecule has 148 valence electrons. The van der Waals surface area contributed by atoms with Gasteiger partial charge in [0.05, 0.1) is 10.6 Å².